The molecule has 1 N–H and O–H groups in total. The first-order valence-corrected chi connectivity index (χ1v) is 10.9. The molecule has 3 rings (SSSR count). The summed E-state index contributed by atoms with van der Waals surface area (Å²) in [6.45, 7) is 3.84. The van der Waals surface area contributed by atoms with E-state index in [1.54, 1.807) is 23.5 Å². The fourth-order valence-electron chi connectivity index (χ4n) is 2.26. The summed E-state index contributed by atoms with van der Waals surface area (Å²) in [6.07, 6.45) is 0.0290. The average Bonchev–Trinajstić information content (AvgIpc) is 3.30. The molecule has 0 radical (unpaired) electrons. The maximum absolute atomic E-state index is 13.2. The van der Waals surface area contributed by atoms with Gasteiger partial charge in [-0.05, 0) is 54.3 Å². The molecule has 3 aromatic rings. The summed E-state index contributed by atoms with van der Waals surface area (Å²) in [5.41, 5.74) is 0.834. The van der Waals surface area contributed by atoms with Crippen LogP contribution in [0.25, 0.3) is 0 Å². The first-order chi connectivity index (χ1) is 13.0. The Bertz CT molecular complexity index is 866. The summed E-state index contributed by atoms with van der Waals surface area (Å²) in [6, 6.07) is 9.73. The van der Waals surface area contributed by atoms with Crippen LogP contribution in [0.15, 0.2) is 46.1 Å². The molecule has 1 aromatic carbocycles. The van der Waals surface area contributed by atoms with Crippen LogP contribution < -0.4 is 10.1 Å². The SMILES string of the molecule is CC(C)Oc1nnc(SCC(=O)NC(c2ccc(F)cc2)c2cccs2)s1. The van der Waals surface area contributed by atoms with Crippen molar-refractivity contribution in [3.05, 3.63) is 58.0 Å². The van der Waals surface area contributed by atoms with Crippen molar-refractivity contribution in [3.8, 4) is 5.19 Å². The highest BCUT2D eigenvalue weighted by Crippen LogP contribution is 2.29. The molecule has 1 amide bonds. The van der Waals surface area contributed by atoms with Gasteiger partial charge in [0.05, 0.1) is 17.9 Å². The number of hydrogen-bond acceptors (Lipinski definition) is 7. The predicted octanol–water partition coefficient (Wildman–Crippen LogP) is 4.52. The van der Waals surface area contributed by atoms with Gasteiger partial charge in [-0.2, -0.15) is 0 Å². The van der Waals surface area contributed by atoms with E-state index >= 15 is 0 Å². The Labute approximate surface area is 169 Å². The molecule has 0 bridgehead atoms. The van der Waals surface area contributed by atoms with Gasteiger partial charge in [0.2, 0.25) is 5.91 Å². The first kappa shape index (κ1) is 19.8. The lowest BCUT2D eigenvalue weighted by molar-refractivity contribution is -0.119. The van der Waals surface area contributed by atoms with Crippen LogP contribution in [-0.2, 0) is 4.79 Å². The van der Waals surface area contributed by atoms with Crippen molar-refractivity contribution in [2.45, 2.75) is 30.3 Å². The number of ether oxygens (including phenoxy) is 1. The molecule has 0 spiro atoms. The molecule has 1 atom stereocenters. The Balaban J connectivity index is 1.63. The zero-order valence-electron chi connectivity index (χ0n) is 14.7. The molecule has 2 aromatic heterocycles. The van der Waals surface area contributed by atoms with Crippen LogP contribution in [0, 0.1) is 5.82 Å². The van der Waals surface area contributed by atoms with Crippen LogP contribution in [-0.4, -0.2) is 28.0 Å². The molecule has 142 valence electrons. The number of aromatic nitrogens is 2. The molecule has 1 unspecified atom stereocenters. The van der Waals surface area contributed by atoms with Gasteiger partial charge >= 0.3 is 0 Å². The van der Waals surface area contributed by atoms with E-state index in [2.05, 4.69) is 15.5 Å². The zero-order valence-corrected chi connectivity index (χ0v) is 17.2. The molecule has 2 heterocycles. The zero-order chi connectivity index (χ0) is 19.2. The Morgan fingerprint density at radius 1 is 1.26 bits per heavy atom. The molecule has 5 nitrogen and oxygen atoms in total. The van der Waals surface area contributed by atoms with Crippen molar-refractivity contribution in [1.82, 2.24) is 15.5 Å². The van der Waals surface area contributed by atoms with Crippen molar-refractivity contribution in [3.63, 3.8) is 0 Å². The Hall–Kier alpha value is -1.97. The third kappa shape index (κ3) is 5.75. The standard InChI is InChI=1S/C18H18FN3O2S3/c1-11(2)24-17-21-22-18(27-17)26-10-15(23)20-16(14-4-3-9-25-14)12-5-7-13(19)8-6-12/h3-9,11,16H,10H2,1-2H3,(H,20,23). The summed E-state index contributed by atoms with van der Waals surface area (Å²) in [4.78, 5) is 13.5. The van der Waals surface area contributed by atoms with Gasteiger partial charge in [0, 0.05) is 4.88 Å². The molecule has 0 saturated heterocycles. The number of amides is 1. The number of benzene rings is 1. The molecule has 0 fully saturated rings. The van der Waals surface area contributed by atoms with Gasteiger partial charge in [-0.25, -0.2) is 4.39 Å². The second kappa shape index (κ2) is 9.29. The largest absolute Gasteiger partial charge is 0.466 e. The minimum absolute atomic E-state index is 0.0290. The Morgan fingerprint density at radius 3 is 2.70 bits per heavy atom. The van der Waals surface area contributed by atoms with Crippen molar-refractivity contribution >= 4 is 40.3 Å². The topological polar surface area (TPSA) is 64.1 Å². The van der Waals surface area contributed by atoms with E-state index < -0.39 is 0 Å². The summed E-state index contributed by atoms with van der Waals surface area (Å²) in [7, 11) is 0. The summed E-state index contributed by atoms with van der Waals surface area (Å²) in [5, 5.41) is 13.4. The van der Waals surface area contributed by atoms with Gasteiger partial charge in [-0.3, -0.25) is 4.79 Å². The lowest BCUT2D eigenvalue weighted by atomic mass is 10.1. The minimum Gasteiger partial charge on any atom is -0.466 e. The quantitative estimate of drug-likeness (QED) is 0.540. The van der Waals surface area contributed by atoms with Crippen LogP contribution in [0.3, 0.4) is 0 Å². The highest BCUT2D eigenvalue weighted by molar-refractivity contribution is 8.01. The van der Waals surface area contributed by atoms with E-state index in [-0.39, 0.29) is 29.6 Å². The number of thioether (sulfide) groups is 1. The van der Waals surface area contributed by atoms with Crippen molar-refractivity contribution in [1.29, 1.82) is 0 Å². The van der Waals surface area contributed by atoms with E-state index in [9.17, 15) is 9.18 Å². The number of nitrogens with one attached hydrogen (secondary N) is 1. The molecule has 0 aliphatic carbocycles. The maximum atomic E-state index is 13.2. The molecule has 0 aliphatic heterocycles. The van der Waals surface area contributed by atoms with Crippen LogP contribution in [0.4, 0.5) is 4.39 Å². The van der Waals surface area contributed by atoms with Crippen molar-refractivity contribution in [2.75, 3.05) is 5.75 Å². The summed E-state index contributed by atoms with van der Waals surface area (Å²) >= 11 is 4.17. The highest BCUT2D eigenvalue weighted by Gasteiger charge is 2.19. The van der Waals surface area contributed by atoms with Gasteiger partial charge in [0.15, 0.2) is 4.34 Å². The molecule has 9 heteroatoms. The number of carbonyl (C=O) groups excluding carboxylic acids is 1. The van der Waals surface area contributed by atoms with E-state index in [0.717, 1.165) is 10.4 Å². The van der Waals surface area contributed by atoms with Crippen LogP contribution in [0.5, 0.6) is 5.19 Å². The van der Waals surface area contributed by atoms with Gasteiger partial charge in [0.1, 0.15) is 5.82 Å². The number of thiophene rings is 1. The second-order valence-electron chi connectivity index (χ2n) is 5.86. The third-order valence-corrected chi connectivity index (χ3v) is 6.27. The molecular formula is C18H18FN3O2S3. The third-order valence-electron chi connectivity index (χ3n) is 3.39. The van der Waals surface area contributed by atoms with Crippen molar-refractivity contribution in [2.24, 2.45) is 0 Å². The lowest BCUT2D eigenvalue weighted by Crippen LogP contribution is -2.30. The minimum atomic E-state index is -0.312. The monoisotopic (exact) mass is 423 g/mol. The maximum Gasteiger partial charge on any atom is 0.295 e. The average molecular weight is 424 g/mol. The van der Waals surface area contributed by atoms with Gasteiger partial charge in [-0.15, -0.1) is 16.4 Å². The summed E-state index contributed by atoms with van der Waals surface area (Å²) in [5.74, 6) is -0.232. The molecule has 0 saturated carbocycles. The van der Waals surface area contributed by atoms with Gasteiger partial charge in [0.25, 0.3) is 5.19 Å². The second-order valence-corrected chi connectivity index (χ2v) is 9.00. The summed E-state index contributed by atoms with van der Waals surface area (Å²) < 4.78 is 19.4. The molecule has 27 heavy (non-hydrogen) atoms. The van der Waals surface area contributed by atoms with Crippen LogP contribution >= 0.6 is 34.4 Å². The first-order valence-electron chi connectivity index (χ1n) is 8.22. The van der Waals surface area contributed by atoms with Gasteiger partial charge in [-0.1, -0.05) is 35.1 Å². The van der Waals surface area contributed by atoms with Gasteiger partial charge < -0.3 is 10.1 Å². The normalized spacial score (nSPS) is 12.1. The predicted molar refractivity (Wildman–Crippen MR) is 107 cm³/mol. The smallest absolute Gasteiger partial charge is 0.295 e. The van der Waals surface area contributed by atoms with Crippen LogP contribution in [0.1, 0.15) is 30.3 Å². The van der Waals surface area contributed by atoms with Crippen molar-refractivity contribution < 1.29 is 13.9 Å². The Morgan fingerprint density at radius 2 is 2.04 bits per heavy atom. The fourth-order valence-corrected chi connectivity index (χ4v) is 4.68. The van der Waals surface area contributed by atoms with E-state index in [1.165, 1.54) is 35.2 Å². The number of hydrogen-bond donors (Lipinski definition) is 1. The molecule has 0 aliphatic rings. The van der Waals surface area contributed by atoms with E-state index in [1.807, 2.05) is 31.4 Å². The van der Waals surface area contributed by atoms with E-state index in [4.69, 9.17) is 4.74 Å². The van der Waals surface area contributed by atoms with Crippen LogP contribution in [0.2, 0.25) is 0 Å². The number of carbonyl (C=O) groups is 1. The number of halogens is 1. The number of rotatable bonds is 8. The fraction of sp³-hybridized carbons (Fsp3) is 0.278. The van der Waals surface area contributed by atoms with E-state index in [0.29, 0.717) is 9.53 Å². The lowest BCUT2D eigenvalue weighted by Gasteiger charge is -2.18. The Kier molecular flexibility index (Phi) is 6.81. The highest BCUT2D eigenvalue weighted by atomic mass is 32.2. The molecular weight excluding hydrogens is 405 g/mol. The number of nitrogens with zero attached hydrogens (tertiary/aromatic N) is 2.